The van der Waals surface area contributed by atoms with Gasteiger partial charge in [-0.05, 0) is 65.7 Å². The van der Waals surface area contributed by atoms with Crippen molar-refractivity contribution in [3.63, 3.8) is 0 Å². The lowest BCUT2D eigenvalue weighted by Crippen LogP contribution is -2.31. The Balaban J connectivity index is 2.44. The fourth-order valence-electron chi connectivity index (χ4n) is 2.15. The van der Waals surface area contributed by atoms with Crippen LogP contribution in [0.2, 0.25) is 0 Å². The molecule has 0 aromatic carbocycles. The molecule has 0 saturated carbocycles. The van der Waals surface area contributed by atoms with Crippen LogP contribution in [0.5, 0.6) is 0 Å². The van der Waals surface area contributed by atoms with Crippen molar-refractivity contribution in [3.05, 3.63) is 28.5 Å². The third-order valence-corrected chi connectivity index (χ3v) is 3.42. The second kappa shape index (κ2) is 8.65. The smallest absolute Gasteiger partial charge is 0.0410 e. The van der Waals surface area contributed by atoms with Crippen LogP contribution >= 0.6 is 15.9 Å². The molecule has 1 aromatic heterocycles. The van der Waals surface area contributed by atoms with Gasteiger partial charge in [-0.2, -0.15) is 0 Å². The van der Waals surface area contributed by atoms with Crippen molar-refractivity contribution in [1.29, 1.82) is 0 Å². The lowest BCUT2D eigenvalue weighted by Gasteiger charge is -2.20. The van der Waals surface area contributed by atoms with E-state index in [1.54, 1.807) is 0 Å². The lowest BCUT2D eigenvalue weighted by molar-refractivity contribution is 0.398. The van der Waals surface area contributed by atoms with Gasteiger partial charge in [0.25, 0.3) is 0 Å². The minimum absolute atomic E-state index is 0.629. The quantitative estimate of drug-likeness (QED) is 0.778. The molecule has 0 amide bonds. The normalized spacial score (nSPS) is 12.9. The van der Waals surface area contributed by atoms with Crippen LogP contribution in [0.15, 0.2) is 22.9 Å². The maximum atomic E-state index is 4.22. The molecule has 1 atom stereocenters. The zero-order chi connectivity index (χ0) is 13.4. The summed E-state index contributed by atoms with van der Waals surface area (Å²) in [6.07, 6.45) is 8.55. The van der Waals surface area contributed by atoms with E-state index in [0.29, 0.717) is 6.04 Å². The van der Waals surface area contributed by atoms with Crippen LogP contribution in [0.3, 0.4) is 0 Å². The summed E-state index contributed by atoms with van der Waals surface area (Å²) >= 11 is 3.47. The Hall–Kier alpha value is -0.410. The number of rotatable bonds is 8. The highest BCUT2D eigenvalue weighted by molar-refractivity contribution is 9.10. The number of aryl methyl sites for hydroxylation is 1. The van der Waals surface area contributed by atoms with Gasteiger partial charge in [0.2, 0.25) is 0 Å². The second-order valence-corrected chi connectivity index (χ2v) is 6.25. The number of pyridine rings is 1. The predicted molar refractivity (Wildman–Crippen MR) is 81.8 cm³/mol. The molecule has 0 aliphatic carbocycles. The molecular weight excluding hydrogens is 288 g/mol. The van der Waals surface area contributed by atoms with Gasteiger partial charge in [0.05, 0.1) is 0 Å². The van der Waals surface area contributed by atoms with Crippen molar-refractivity contribution in [2.45, 2.75) is 52.5 Å². The highest BCUT2D eigenvalue weighted by Gasteiger charge is 2.10. The molecule has 3 heteroatoms. The van der Waals surface area contributed by atoms with Gasteiger partial charge in [0.1, 0.15) is 0 Å². The third-order valence-electron chi connectivity index (χ3n) is 2.98. The van der Waals surface area contributed by atoms with Crippen LogP contribution in [-0.4, -0.2) is 17.6 Å². The average molecular weight is 313 g/mol. The zero-order valence-electron chi connectivity index (χ0n) is 11.7. The lowest BCUT2D eigenvalue weighted by atomic mass is 9.98. The predicted octanol–water partition coefficient (Wildman–Crippen LogP) is 4.19. The molecule has 0 aliphatic rings. The fourth-order valence-corrected chi connectivity index (χ4v) is 2.57. The minimum atomic E-state index is 0.629. The molecule has 1 aromatic rings. The molecule has 0 fully saturated rings. The second-order valence-electron chi connectivity index (χ2n) is 5.33. The Morgan fingerprint density at radius 2 is 2.11 bits per heavy atom. The highest BCUT2D eigenvalue weighted by atomic mass is 79.9. The fraction of sp³-hybridized carbons (Fsp3) is 0.667. The first-order valence-corrected chi connectivity index (χ1v) is 7.74. The van der Waals surface area contributed by atoms with E-state index in [9.17, 15) is 0 Å². The standard InChI is InChI=1S/C15H25BrN2/c1-4-7-18-15(8-12(2)3)6-5-13-9-14(16)11-17-10-13/h9-12,15,18H,4-8H2,1-3H3. The summed E-state index contributed by atoms with van der Waals surface area (Å²) in [5, 5.41) is 3.65. The molecule has 0 saturated heterocycles. The minimum Gasteiger partial charge on any atom is -0.314 e. The largest absolute Gasteiger partial charge is 0.314 e. The molecule has 1 heterocycles. The van der Waals surface area contributed by atoms with E-state index in [2.05, 4.69) is 53.1 Å². The van der Waals surface area contributed by atoms with E-state index in [-0.39, 0.29) is 0 Å². The van der Waals surface area contributed by atoms with Crippen molar-refractivity contribution < 1.29 is 0 Å². The van der Waals surface area contributed by atoms with Gasteiger partial charge < -0.3 is 5.32 Å². The van der Waals surface area contributed by atoms with Gasteiger partial charge in [-0.3, -0.25) is 4.98 Å². The maximum Gasteiger partial charge on any atom is 0.0410 e. The van der Waals surface area contributed by atoms with Crippen LogP contribution in [-0.2, 0) is 6.42 Å². The summed E-state index contributed by atoms with van der Waals surface area (Å²) in [4.78, 5) is 4.22. The summed E-state index contributed by atoms with van der Waals surface area (Å²) < 4.78 is 1.07. The zero-order valence-corrected chi connectivity index (χ0v) is 13.3. The number of halogens is 1. The summed E-state index contributed by atoms with van der Waals surface area (Å²) in [7, 11) is 0. The number of hydrogen-bond donors (Lipinski definition) is 1. The number of nitrogens with one attached hydrogen (secondary N) is 1. The maximum absolute atomic E-state index is 4.22. The van der Waals surface area contributed by atoms with Crippen LogP contribution in [0.25, 0.3) is 0 Å². The van der Waals surface area contributed by atoms with Crippen molar-refractivity contribution in [3.8, 4) is 0 Å². The molecule has 1 N–H and O–H groups in total. The van der Waals surface area contributed by atoms with Crippen LogP contribution in [0.4, 0.5) is 0 Å². The Labute approximate surface area is 120 Å². The van der Waals surface area contributed by atoms with E-state index in [0.717, 1.165) is 23.4 Å². The highest BCUT2D eigenvalue weighted by Crippen LogP contribution is 2.14. The molecule has 0 spiro atoms. The van der Waals surface area contributed by atoms with Crippen molar-refractivity contribution in [1.82, 2.24) is 10.3 Å². The topological polar surface area (TPSA) is 24.9 Å². The number of nitrogens with zero attached hydrogens (tertiary/aromatic N) is 1. The summed E-state index contributed by atoms with van der Waals surface area (Å²) in [6.45, 7) is 7.92. The Kier molecular flexibility index (Phi) is 7.52. The molecule has 0 bridgehead atoms. The van der Waals surface area contributed by atoms with Gasteiger partial charge in [-0.15, -0.1) is 0 Å². The first-order valence-electron chi connectivity index (χ1n) is 6.94. The van der Waals surface area contributed by atoms with E-state index in [4.69, 9.17) is 0 Å². The third kappa shape index (κ3) is 6.50. The van der Waals surface area contributed by atoms with Gasteiger partial charge in [-0.1, -0.05) is 20.8 Å². The molecule has 1 unspecified atom stereocenters. The van der Waals surface area contributed by atoms with Gasteiger partial charge in [0.15, 0.2) is 0 Å². The molecule has 2 nitrogen and oxygen atoms in total. The van der Waals surface area contributed by atoms with E-state index in [1.165, 1.54) is 24.8 Å². The van der Waals surface area contributed by atoms with Crippen molar-refractivity contribution in [2.75, 3.05) is 6.54 Å². The summed E-state index contributed by atoms with van der Waals surface area (Å²) in [5.41, 5.74) is 1.32. The summed E-state index contributed by atoms with van der Waals surface area (Å²) in [6, 6.07) is 2.79. The number of hydrogen-bond acceptors (Lipinski definition) is 2. The van der Waals surface area contributed by atoms with Gasteiger partial charge in [0, 0.05) is 22.9 Å². The van der Waals surface area contributed by atoms with Crippen LogP contribution < -0.4 is 5.32 Å². The SMILES string of the molecule is CCCNC(CCc1cncc(Br)c1)CC(C)C. The van der Waals surface area contributed by atoms with E-state index < -0.39 is 0 Å². The summed E-state index contributed by atoms with van der Waals surface area (Å²) in [5.74, 6) is 0.750. The monoisotopic (exact) mass is 312 g/mol. The Morgan fingerprint density at radius 3 is 2.72 bits per heavy atom. The number of aromatic nitrogens is 1. The first kappa shape index (κ1) is 15.6. The molecular formula is C15H25BrN2. The first-order chi connectivity index (χ1) is 8.61. The average Bonchev–Trinajstić information content (AvgIpc) is 2.32. The van der Waals surface area contributed by atoms with Gasteiger partial charge >= 0.3 is 0 Å². The van der Waals surface area contributed by atoms with Crippen LogP contribution in [0, 0.1) is 5.92 Å². The van der Waals surface area contributed by atoms with E-state index >= 15 is 0 Å². The van der Waals surface area contributed by atoms with Crippen molar-refractivity contribution in [2.24, 2.45) is 5.92 Å². The van der Waals surface area contributed by atoms with Crippen molar-refractivity contribution >= 4 is 15.9 Å². The molecule has 102 valence electrons. The van der Waals surface area contributed by atoms with Crippen LogP contribution in [0.1, 0.15) is 45.6 Å². The van der Waals surface area contributed by atoms with Gasteiger partial charge in [-0.25, -0.2) is 0 Å². The Bertz CT molecular complexity index is 339. The Morgan fingerprint density at radius 1 is 1.33 bits per heavy atom. The molecule has 0 aliphatic heterocycles. The molecule has 0 radical (unpaired) electrons. The molecule has 18 heavy (non-hydrogen) atoms. The molecule has 1 rings (SSSR count). The van der Waals surface area contributed by atoms with E-state index in [1.807, 2.05) is 12.4 Å².